The van der Waals surface area contributed by atoms with E-state index < -0.39 is 0 Å². The van der Waals surface area contributed by atoms with E-state index in [1.54, 1.807) is 37.6 Å². The first-order valence-electron chi connectivity index (χ1n) is 12.5. The number of amides is 1. The van der Waals surface area contributed by atoms with E-state index in [0.717, 1.165) is 42.8 Å². The molecular weight excluding hydrogens is 482 g/mol. The van der Waals surface area contributed by atoms with Crippen LogP contribution in [0.1, 0.15) is 6.42 Å². The number of hydrogen-bond donors (Lipinski definition) is 4. The van der Waals surface area contributed by atoms with Gasteiger partial charge in [-0.2, -0.15) is 9.97 Å². The summed E-state index contributed by atoms with van der Waals surface area (Å²) in [5.41, 5.74) is 3.24. The Morgan fingerprint density at radius 3 is 2.82 bits per heavy atom. The van der Waals surface area contributed by atoms with Gasteiger partial charge in [0.2, 0.25) is 17.7 Å². The van der Waals surface area contributed by atoms with E-state index in [0.29, 0.717) is 41.6 Å². The van der Waals surface area contributed by atoms with Gasteiger partial charge in [-0.25, -0.2) is 0 Å². The first-order chi connectivity index (χ1) is 18.6. The molecule has 2 aromatic heterocycles. The van der Waals surface area contributed by atoms with Gasteiger partial charge < -0.3 is 35.3 Å². The number of aromatic nitrogens is 3. The van der Waals surface area contributed by atoms with Gasteiger partial charge in [0.1, 0.15) is 11.4 Å². The Bertz CT molecular complexity index is 1400. The number of methoxy groups -OCH3 is 1. The number of benzene rings is 2. The predicted octanol–water partition coefficient (Wildman–Crippen LogP) is 4.43. The molecule has 0 radical (unpaired) electrons. The van der Waals surface area contributed by atoms with Crippen LogP contribution in [0.2, 0.25) is 0 Å². The maximum Gasteiger partial charge on any atom is 0.247 e. The summed E-state index contributed by atoms with van der Waals surface area (Å²) in [6, 6.07) is 17.6. The second-order valence-corrected chi connectivity index (χ2v) is 8.92. The Morgan fingerprint density at radius 1 is 1.18 bits per heavy atom. The van der Waals surface area contributed by atoms with Crippen molar-refractivity contribution in [2.45, 2.75) is 12.5 Å². The Kier molecular flexibility index (Phi) is 7.81. The van der Waals surface area contributed by atoms with Crippen molar-refractivity contribution in [2.24, 2.45) is 0 Å². The lowest BCUT2D eigenvalue weighted by molar-refractivity contribution is -0.111. The summed E-state index contributed by atoms with van der Waals surface area (Å²) in [7, 11) is 1.73. The van der Waals surface area contributed by atoms with Gasteiger partial charge in [-0.05, 0) is 61.5 Å². The maximum absolute atomic E-state index is 11.7. The molecule has 0 unspecified atom stereocenters. The van der Waals surface area contributed by atoms with Crippen LogP contribution in [0, 0.1) is 0 Å². The molecule has 3 heterocycles. The highest BCUT2D eigenvalue weighted by atomic mass is 16.5. The van der Waals surface area contributed by atoms with Crippen molar-refractivity contribution in [3.63, 3.8) is 0 Å². The highest BCUT2D eigenvalue weighted by Gasteiger charge is 2.22. The lowest BCUT2D eigenvalue weighted by Gasteiger charge is -2.30. The molecule has 1 aliphatic rings. The highest BCUT2D eigenvalue weighted by Crippen LogP contribution is 2.31. The molecule has 38 heavy (non-hydrogen) atoms. The van der Waals surface area contributed by atoms with Crippen LogP contribution in [-0.2, 0) is 9.53 Å². The van der Waals surface area contributed by atoms with Crippen molar-refractivity contribution in [1.82, 2.24) is 20.3 Å². The van der Waals surface area contributed by atoms with Crippen molar-refractivity contribution >= 4 is 40.0 Å². The second-order valence-electron chi connectivity index (χ2n) is 8.92. The summed E-state index contributed by atoms with van der Waals surface area (Å²) >= 11 is 0. The van der Waals surface area contributed by atoms with E-state index in [4.69, 9.17) is 9.47 Å². The van der Waals surface area contributed by atoms with Gasteiger partial charge >= 0.3 is 0 Å². The number of rotatable bonds is 11. The molecule has 5 rings (SSSR count). The first-order valence-corrected chi connectivity index (χ1v) is 12.5. The number of ether oxygens (including phenoxy) is 2. The van der Waals surface area contributed by atoms with Crippen molar-refractivity contribution in [3.8, 4) is 11.6 Å². The minimum atomic E-state index is -0.295. The van der Waals surface area contributed by atoms with Crippen LogP contribution in [0.5, 0.6) is 11.6 Å². The van der Waals surface area contributed by atoms with Crippen molar-refractivity contribution < 1.29 is 14.3 Å². The van der Waals surface area contributed by atoms with E-state index in [2.05, 4.69) is 54.5 Å². The summed E-state index contributed by atoms with van der Waals surface area (Å²) in [4.78, 5) is 26.4. The number of aromatic amines is 1. The molecule has 10 heteroatoms. The standard InChI is InChI=1S/C28H31N7O3/c1-3-25(36)31-20-5-4-6-23(17-20)38-27-24-12-14-30-26(24)33-28(34-27)32-19-7-9-21(10-8-19)35(15-16-37-2)22-11-13-29-18-22/h3-10,12,14,17,22,29H,1,11,13,15-16,18H2,2H3,(H,31,36)(H2,30,32,33,34)/t22-/m0/s1. The van der Waals surface area contributed by atoms with Crippen molar-refractivity contribution in [1.29, 1.82) is 0 Å². The summed E-state index contributed by atoms with van der Waals surface area (Å²) in [5.74, 6) is 1.02. The van der Waals surface area contributed by atoms with Crippen LogP contribution in [0.4, 0.5) is 23.0 Å². The smallest absolute Gasteiger partial charge is 0.247 e. The van der Waals surface area contributed by atoms with E-state index in [-0.39, 0.29) is 5.91 Å². The van der Waals surface area contributed by atoms with Crippen LogP contribution in [-0.4, -0.2) is 60.3 Å². The summed E-state index contributed by atoms with van der Waals surface area (Å²) < 4.78 is 11.5. The number of anilines is 4. The van der Waals surface area contributed by atoms with Gasteiger partial charge in [-0.15, -0.1) is 0 Å². The highest BCUT2D eigenvalue weighted by molar-refractivity contribution is 5.99. The SMILES string of the molecule is C=CC(=O)Nc1cccc(Oc2nc(Nc3ccc(N(CCOC)[C@H]4CCNC4)cc3)nc3[nH]ccc23)c1. The number of hydrogen-bond acceptors (Lipinski definition) is 8. The Labute approximate surface area is 221 Å². The molecule has 4 aromatic rings. The lowest BCUT2D eigenvalue weighted by atomic mass is 10.1. The molecule has 1 amide bonds. The third-order valence-corrected chi connectivity index (χ3v) is 6.35. The largest absolute Gasteiger partial charge is 0.438 e. The Morgan fingerprint density at radius 2 is 2.05 bits per heavy atom. The third kappa shape index (κ3) is 5.93. The van der Waals surface area contributed by atoms with E-state index in [1.807, 2.05) is 18.2 Å². The maximum atomic E-state index is 11.7. The monoisotopic (exact) mass is 513 g/mol. The zero-order chi connectivity index (χ0) is 26.3. The summed E-state index contributed by atoms with van der Waals surface area (Å²) in [5, 5.41) is 10.2. The fourth-order valence-electron chi connectivity index (χ4n) is 4.47. The Hall–Kier alpha value is -4.41. The van der Waals surface area contributed by atoms with Gasteiger partial charge in [0.25, 0.3) is 0 Å². The summed E-state index contributed by atoms with van der Waals surface area (Å²) in [6.07, 6.45) is 4.12. The lowest BCUT2D eigenvalue weighted by Crippen LogP contribution is -2.39. The zero-order valence-corrected chi connectivity index (χ0v) is 21.2. The van der Waals surface area contributed by atoms with E-state index >= 15 is 0 Å². The number of nitrogens with zero attached hydrogens (tertiary/aromatic N) is 3. The van der Waals surface area contributed by atoms with Crippen molar-refractivity contribution in [2.75, 3.05) is 48.9 Å². The molecule has 10 nitrogen and oxygen atoms in total. The second kappa shape index (κ2) is 11.8. The van der Waals surface area contributed by atoms with Gasteiger partial charge in [0.05, 0.1) is 12.0 Å². The molecular formula is C28H31N7O3. The average molecular weight is 514 g/mol. The van der Waals surface area contributed by atoms with Crippen LogP contribution in [0.3, 0.4) is 0 Å². The number of nitrogens with one attached hydrogen (secondary N) is 4. The fraction of sp³-hybridized carbons (Fsp3) is 0.250. The predicted molar refractivity (Wildman–Crippen MR) is 149 cm³/mol. The Balaban J connectivity index is 1.35. The van der Waals surface area contributed by atoms with Gasteiger partial charge in [0, 0.05) is 55.6 Å². The minimum absolute atomic E-state index is 0.295. The van der Waals surface area contributed by atoms with E-state index in [1.165, 1.54) is 6.08 Å². The minimum Gasteiger partial charge on any atom is -0.438 e. The number of fused-ring (bicyclic) bond motifs is 1. The number of carbonyl (C=O) groups excluding carboxylic acids is 1. The van der Waals surface area contributed by atoms with Gasteiger partial charge in [0.15, 0.2) is 0 Å². The number of H-pyrrole nitrogens is 1. The van der Waals surface area contributed by atoms with Crippen LogP contribution < -0.4 is 25.6 Å². The molecule has 0 spiro atoms. The van der Waals surface area contributed by atoms with Crippen LogP contribution >= 0.6 is 0 Å². The molecule has 1 atom stereocenters. The molecule has 4 N–H and O–H groups in total. The average Bonchev–Trinajstić information content (AvgIpc) is 3.63. The molecule has 1 fully saturated rings. The van der Waals surface area contributed by atoms with Crippen LogP contribution in [0.15, 0.2) is 73.4 Å². The third-order valence-electron chi connectivity index (χ3n) is 6.35. The quantitative estimate of drug-likeness (QED) is 0.218. The fourth-order valence-corrected chi connectivity index (χ4v) is 4.47. The zero-order valence-electron chi connectivity index (χ0n) is 21.2. The molecule has 0 aliphatic carbocycles. The molecule has 0 bridgehead atoms. The summed E-state index contributed by atoms with van der Waals surface area (Å²) in [6.45, 7) is 6.99. The molecule has 0 saturated carbocycles. The topological polar surface area (TPSA) is 116 Å². The van der Waals surface area contributed by atoms with Crippen molar-refractivity contribution in [3.05, 3.63) is 73.4 Å². The molecule has 2 aromatic carbocycles. The number of carbonyl (C=O) groups is 1. The van der Waals surface area contributed by atoms with Crippen LogP contribution in [0.25, 0.3) is 11.0 Å². The van der Waals surface area contributed by atoms with E-state index in [9.17, 15) is 4.79 Å². The molecule has 1 saturated heterocycles. The van der Waals surface area contributed by atoms with Gasteiger partial charge in [-0.1, -0.05) is 12.6 Å². The van der Waals surface area contributed by atoms with Gasteiger partial charge in [-0.3, -0.25) is 4.79 Å². The normalized spacial score (nSPS) is 14.8. The molecule has 1 aliphatic heterocycles. The first kappa shape index (κ1) is 25.2. The molecule has 196 valence electrons.